The monoisotopic (exact) mass is 327 g/mol. The van der Waals surface area contributed by atoms with E-state index >= 15 is 0 Å². The number of nitrogens with one attached hydrogen (secondary N) is 1. The average molecular weight is 327 g/mol. The van der Waals surface area contributed by atoms with Gasteiger partial charge in [-0.3, -0.25) is 4.79 Å². The summed E-state index contributed by atoms with van der Waals surface area (Å²) in [6.07, 6.45) is 0.271. The van der Waals surface area contributed by atoms with Crippen molar-refractivity contribution in [2.24, 2.45) is 0 Å². The van der Waals surface area contributed by atoms with Gasteiger partial charge in [0.15, 0.2) is 0 Å². The molecule has 0 aromatic heterocycles. The average Bonchev–Trinajstić information content (AvgIpc) is 2.54. The van der Waals surface area contributed by atoms with Crippen molar-refractivity contribution in [2.75, 3.05) is 0 Å². The van der Waals surface area contributed by atoms with Crippen molar-refractivity contribution in [3.05, 3.63) is 65.2 Å². The summed E-state index contributed by atoms with van der Waals surface area (Å²) >= 11 is 0. The van der Waals surface area contributed by atoms with Crippen molar-refractivity contribution in [3.8, 4) is 5.75 Å². The Bertz CT molecular complexity index is 708. The van der Waals surface area contributed by atoms with Gasteiger partial charge in [0.25, 0.3) is 0 Å². The highest BCUT2D eigenvalue weighted by atomic mass is 16.5. The van der Waals surface area contributed by atoms with Gasteiger partial charge in [0, 0.05) is 6.54 Å². The molecule has 24 heavy (non-hydrogen) atoms. The first-order valence-corrected chi connectivity index (χ1v) is 7.78. The smallest absolute Gasteiger partial charge is 0.335 e. The van der Waals surface area contributed by atoms with Gasteiger partial charge in [-0.25, -0.2) is 4.79 Å². The molecule has 1 amide bonds. The molecule has 0 radical (unpaired) electrons. The zero-order valence-corrected chi connectivity index (χ0v) is 13.8. The molecule has 0 saturated heterocycles. The fraction of sp³-hybridized carbons (Fsp3) is 0.263. The van der Waals surface area contributed by atoms with Gasteiger partial charge in [0.1, 0.15) is 5.75 Å². The third-order valence-electron chi connectivity index (χ3n) is 3.32. The van der Waals surface area contributed by atoms with Gasteiger partial charge >= 0.3 is 5.97 Å². The van der Waals surface area contributed by atoms with Crippen LogP contribution in [0.25, 0.3) is 0 Å². The molecule has 0 unspecified atom stereocenters. The van der Waals surface area contributed by atoms with E-state index in [2.05, 4.69) is 5.32 Å². The maximum atomic E-state index is 12.0. The van der Waals surface area contributed by atoms with E-state index in [4.69, 9.17) is 9.84 Å². The number of carbonyl (C=O) groups excluding carboxylic acids is 1. The highest BCUT2D eigenvalue weighted by molar-refractivity contribution is 5.88. The summed E-state index contributed by atoms with van der Waals surface area (Å²) in [4.78, 5) is 22.9. The SMILES string of the molecule is CC(C)Oc1ccc(CNC(=O)Cc2cccc(C(=O)O)c2)cc1. The molecule has 2 aromatic carbocycles. The van der Waals surface area contributed by atoms with Gasteiger partial charge in [0.2, 0.25) is 5.91 Å². The maximum Gasteiger partial charge on any atom is 0.335 e. The Kier molecular flexibility index (Phi) is 5.95. The standard InChI is InChI=1S/C19H21NO4/c1-13(2)24-17-8-6-14(7-9-17)12-20-18(21)11-15-4-3-5-16(10-15)19(22)23/h3-10,13H,11-12H2,1-2H3,(H,20,21)(H,22,23). The number of benzene rings is 2. The normalized spacial score (nSPS) is 10.5. The molecular formula is C19H21NO4. The summed E-state index contributed by atoms with van der Waals surface area (Å²) in [5, 5.41) is 11.8. The van der Waals surface area contributed by atoms with Crippen LogP contribution in [-0.2, 0) is 17.8 Å². The Morgan fingerprint density at radius 3 is 2.42 bits per heavy atom. The van der Waals surface area contributed by atoms with Gasteiger partial charge in [-0.05, 0) is 49.2 Å². The molecule has 0 atom stereocenters. The molecule has 5 nitrogen and oxygen atoms in total. The quantitative estimate of drug-likeness (QED) is 0.819. The van der Waals surface area contributed by atoms with Crippen LogP contribution in [0.4, 0.5) is 0 Å². The molecule has 0 bridgehead atoms. The fourth-order valence-corrected chi connectivity index (χ4v) is 2.22. The van der Waals surface area contributed by atoms with E-state index in [0.29, 0.717) is 12.1 Å². The van der Waals surface area contributed by atoms with Gasteiger partial charge in [-0.15, -0.1) is 0 Å². The number of ether oxygens (including phenoxy) is 1. The number of aromatic carboxylic acids is 1. The predicted molar refractivity (Wildman–Crippen MR) is 91.2 cm³/mol. The molecule has 0 spiro atoms. The number of carboxylic acid groups (broad SMARTS) is 1. The molecule has 2 rings (SSSR count). The fourth-order valence-electron chi connectivity index (χ4n) is 2.22. The van der Waals surface area contributed by atoms with Crippen LogP contribution in [-0.4, -0.2) is 23.1 Å². The Morgan fingerprint density at radius 2 is 1.79 bits per heavy atom. The van der Waals surface area contributed by atoms with Crippen LogP contribution in [0.15, 0.2) is 48.5 Å². The summed E-state index contributed by atoms with van der Waals surface area (Å²) in [5.41, 5.74) is 1.83. The van der Waals surface area contributed by atoms with Crippen LogP contribution in [0.3, 0.4) is 0 Å². The number of amides is 1. The van der Waals surface area contributed by atoms with Crippen molar-refractivity contribution in [2.45, 2.75) is 32.9 Å². The molecule has 0 fully saturated rings. The minimum absolute atomic E-state index is 0.122. The Labute approximate surface area is 141 Å². The first kappa shape index (κ1) is 17.5. The van der Waals surface area contributed by atoms with Crippen molar-refractivity contribution in [3.63, 3.8) is 0 Å². The van der Waals surface area contributed by atoms with E-state index in [1.165, 1.54) is 12.1 Å². The summed E-state index contributed by atoms with van der Waals surface area (Å²) in [5.74, 6) is -0.355. The lowest BCUT2D eigenvalue weighted by Crippen LogP contribution is -2.24. The van der Waals surface area contributed by atoms with E-state index in [-0.39, 0.29) is 24.0 Å². The second kappa shape index (κ2) is 8.15. The Balaban J connectivity index is 1.87. The molecule has 0 saturated carbocycles. The van der Waals surface area contributed by atoms with E-state index < -0.39 is 5.97 Å². The third kappa shape index (κ3) is 5.43. The van der Waals surface area contributed by atoms with Crippen molar-refractivity contribution in [1.82, 2.24) is 5.32 Å². The van der Waals surface area contributed by atoms with Crippen LogP contribution < -0.4 is 10.1 Å². The number of hydrogen-bond donors (Lipinski definition) is 2. The third-order valence-corrected chi connectivity index (χ3v) is 3.32. The Hall–Kier alpha value is -2.82. The lowest BCUT2D eigenvalue weighted by molar-refractivity contribution is -0.120. The molecule has 0 aliphatic carbocycles. The summed E-state index contributed by atoms with van der Waals surface area (Å²) < 4.78 is 5.57. The van der Waals surface area contributed by atoms with Gasteiger partial charge in [-0.1, -0.05) is 24.3 Å². The van der Waals surface area contributed by atoms with Crippen LogP contribution in [0, 0.1) is 0 Å². The van der Waals surface area contributed by atoms with E-state index in [1.54, 1.807) is 12.1 Å². The van der Waals surface area contributed by atoms with Crippen molar-refractivity contribution < 1.29 is 19.4 Å². The molecule has 0 aliphatic rings. The number of carboxylic acids is 1. The van der Waals surface area contributed by atoms with E-state index in [0.717, 1.165) is 11.3 Å². The lowest BCUT2D eigenvalue weighted by atomic mass is 10.1. The van der Waals surface area contributed by atoms with Crippen LogP contribution in [0.5, 0.6) is 5.75 Å². The molecule has 5 heteroatoms. The highest BCUT2D eigenvalue weighted by Gasteiger charge is 2.07. The molecule has 2 aromatic rings. The summed E-state index contributed by atoms with van der Waals surface area (Å²) in [7, 11) is 0. The molecule has 126 valence electrons. The molecule has 0 heterocycles. The summed E-state index contributed by atoms with van der Waals surface area (Å²) in [6, 6.07) is 14.0. The number of carbonyl (C=O) groups is 2. The largest absolute Gasteiger partial charge is 0.491 e. The number of hydrogen-bond acceptors (Lipinski definition) is 3. The second-order valence-electron chi connectivity index (χ2n) is 5.77. The lowest BCUT2D eigenvalue weighted by Gasteiger charge is -2.10. The molecular weight excluding hydrogens is 306 g/mol. The van der Waals surface area contributed by atoms with Crippen LogP contribution >= 0.6 is 0 Å². The van der Waals surface area contributed by atoms with Gasteiger partial charge < -0.3 is 15.2 Å². The second-order valence-corrected chi connectivity index (χ2v) is 5.77. The number of rotatable bonds is 7. The Morgan fingerprint density at radius 1 is 1.08 bits per heavy atom. The van der Waals surface area contributed by atoms with Crippen molar-refractivity contribution in [1.29, 1.82) is 0 Å². The van der Waals surface area contributed by atoms with E-state index in [1.807, 2.05) is 38.1 Å². The first-order chi connectivity index (χ1) is 11.4. The first-order valence-electron chi connectivity index (χ1n) is 7.78. The zero-order chi connectivity index (χ0) is 17.5. The minimum atomic E-state index is -0.999. The predicted octanol–water partition coefficient (Wildman–Crippen LogP) is 3.03. The van der Waals surface area contributed by atoms with E-state index in [9.17, 15) is 9.59 Å². The molecule has 0 aliphatic heterocycles. The van der Waals surface area contributed by atoms with Crippen LogP contribution in [0.1, 0.15) is 35.3 Å². The van der Waals surface area contributed by atoms with Gasteiger partial charge in [0.05, 0.1) is 18.1 Å². The van der Waals surface area contributed by atoms with Crippen LogP contribution in [0.2, 0.25) is 0 Å². The zero-order valence-electron chi connectivity index (χ0n) is 13.8. The highest BCUT2D eigenvalue weighted by Crippen LogP contribution is 2.13. The van der Waals surface area contributed by atoms with Crippen molar-refractivity contribution >= 4 is 11.9 Å². The topological polar surface area (TPSA) is 75.6 Å². The molecule has 2 N–H and O–H groups in total. The van der Waals surface area contributed by atoms with Gasteiger partial charge in [-0.2, -0.15) is 0 Å². The maximum absolute atomic E-state index is 12.0. The summed E-state index contributed by atoms with van der Waals surface area (Å²) in [6.45, 7) is 4.35. The minimum Gasteiger partial charge on any atom is -0.491 e.